The number of carbonyl (C=O) groups excluding carboxylic acids is 2. The second-order valence-electron chi connectivity index (χ2n) is 6.16. The number of carbonyl (C=O) groups is 2. The van der Waals surface area contributed by atoms with Crippen LogP contribution < -0.4 is 9.47 Å². The molecule has 2 heterocycles. The van der Waals surface area contributed by atoms with Crippen LogP contribution in [0.3, 0.4) is 0 Å². The van der Waals surface area contributed by atoms with Crippen molar-refractivity contribution in [3.63, 3.8) is 0 Å². The van der Waals surface area contributed by atoms with E-state index in [2.05, 4.69) is 4.98 Å². The summed E-state index contributed by atoms with van der Waals surface area (Å²) in [6, 6.07) is 15.0. The molecule has 2 aromatic carbocycles. The maximum Gasteiger partial charge on any atom is 0.343 e. The van der Waals surface area contributed by atoms with E-state index in [1.807, 2.05) is 6.07 Å². The number of allylic oxidation sites excluding steroid dienone is 1. The van der Waals surface area contributed by atoms with E-state index in [9.17, 15) is 9.59 Å². The molecule has 0 N–H and O–H groups in total. The van der Waals surface area contributed by atoms with Crippen LogP contribution in [0.15, 0.2) is 66.6 Å². The number of pyridine rings is 1. The average molecular weight is 392 g/mol. The molecule has 1 aliphatic rings. The van der Waals surface area contributed by atoms with Crippen LogP contribution in [0.5, 0.6) is 11.5 Å². The summed E-state index contributed by atoms with van der Waals surface area (Å²) in [4.78, 5) is 29.1. The van der Waals surface area contributed by atoms with E-state index in [1.54, 1.807) is 67.7 Å². The van der Waals surface area contributed by atoms with E-state index >= 15 is 0 Å². The van der Waals surface area contributed by atoms with Gasteiger partial charge in [-0.15, -0.1) is 0 Å². The van der Waals surface area contributed by atoms with Crippen molar-refractivity contribution < 1.29 is 19.1 Å². The summed E-state index contributed by atoms with van der Waals surface area (Å²) in [7, 11) is 0. The molecule has 0 saturated carbocycles. The van der Waals surface area contributed by atoms with E-state index in [0.29, 0.717) is 38.9 Å². The second kappa shape index (κ2) is 7.29. The number of rotatable bonds is 3. The van der Waals surface area contributed by atoms with Crippen molar-refractivity contribution in [2.24, 2.45) is 0 Å². The number of halogens is 1. The lowest BCUT2D eigenvalue weighted by Gasteiger charge is -2.10. The molecule has 5 nitrogen and oxygen atoms in total. The number of hydrogen-bond acceptors (Lipinski definition) is 5. The highest BCUT2D eigenvalue weighted by molar-refractivity contribution is 6.30. The number of Topliss-reactive ketones (excluding diaryl/α,β-unsaturated/α-hetero) is 1. The van der Waals surface area contributed by atoms with Gasteiger partial charge in [-0.1, -0.05) is 17.7 Å². The molecule has 0 saturated heterocycles. The Balaban J connectivity index is 1.61. The lowest BCUT2D eigenvalue weighted by atomic mass is 10.1. The monoisotopic (exact) mass is 391 g/mol. The molecule has 0 amide bonds. The van der Waals surface area contributed by atoms with Crippen molar-refractivity contribution in [1.82, 2.24) is 4.98 Å². The van der Waals surface area contributed by atoms with Crippen LogP contribution in [0.25, 0.3) is 6.08 Å². The summed E-state index contributed by atoms with van der Waals surface area (Å²) in [5, 5.41) is 0.532. The number of hydrogen-bond donors (Lipinski definition) is 0. The van der Waals surface area contributed by atoms with E-state index in [1.165, 1.54) is 0 Å². The zero-order valence-electron chi connectivity index (χ0n) is 14.8. The zero-order valence-corrected chi connectivity index (χ0v) is 15.6. The van der Waals surface area contributed by atoms with Gasteiger partial charge in [-0.05, 0) is 55.5 Å². The standard InChI is InChI=1S/C22H14ClNO4/c1-13-18(28-22(26)14-5-7-15(23)8-6-14)10-9-17-20(25)19(27-21(13)17)12-16-4-2-3-11-24-16/h2-12H,1H3/b19-12-. The van der Waals surface area contributed by atoms with Gasteiger partial charge in [0.05, 0.1) is 16.8 Å². The molecule has 138 valence electrons. The molecule has 0 fully saturated rings. The molecule has 0 aliphatic carbocycles. The fourth-order valence-corrected chi connectivity index (χ4v) is 2.94. The average Bonchev–Trinajstić information content (AvgIpc) is 3.02. The minimum Gasteiger partial charge on any atom is -0.452 e. The molecule has 0 spiro atoms. The Hall–Kier alpha value is -3.44. The van der Waals surface area contributed by atoms with E-state index in [4.69, 9.17) is 21.1 Å². The summed E-state index contributed by atoms with van der Waals surface area (Å²) in [6.07, 6.45) is 3.22. The van der Waals surface area contributed by atoms with Crippen molar-refractivity contribution in [1.29, 1.82) is 0 Å². The largest absolute Gasteiger partial charge is 0.452 e. The topological polar surface area (TPSA) is 65.5 Å². The van der Waals surface area contributed by atoms with Crippen LogP contribution in [0.4, 0.5) is 0 Å². The van der Waals surface area contributed by atoms with Crippen molar-refractivity contribution >= 4 is 29.4 Å². The van der Waals surface area contributed by atoms with Gasteiger partial charge < -0.3 is 9.47 Å². The minimum atomic E-state index is -0.520. The normalized spacial score (nSPS) is 13.9. The predicted molar refractivity (Wildman–Crippen MR) is 105 cm³/mol. The van der Waals surface area contributed by atoms with Crippen LogP contribution in [0.1, 0.15) is 32.0 Å². The fraction of sp³-hybridized carbons (Fsp3) is 0.0455. The number of benzene rings is 2. The molecule has 0 bridgehead atoms. The van der Waals surface area contributed by atoms with E-state index < -0.39 is 5.97 Å². The highest BCUT2D eigenvalue weighted by atomic mass is 35.5. The molecule has 0 radical (unpaired) electrons. The quantitative estimate of drug-likeness (QED) is 0.361. The third-order valence-corrected chi connectivity index (χ3v) is 4.54. The minimum absolute atomic E-state index is 0.179. The molecule has 1 aliphatic heterocycles. The first kappa shape index (κ1) is 17.9. The third kappa shape index (κ3) is 3.40. The van der Waals surface area contributed by atoms with Gasteiger partial charge in [0.1, 0.15) is 11.5 Å². The van der Waals surface area contributed by atoms with Crippen LogP contribution >= 0.6 is 11.6 Å². The lowest BCUT2D eigenvalue weighted by Crippen LogP contribution is -2.09. The summed E-state index contributed by atoms with van der Waals surface area (Å²) >= 11 is 5.84. The van der Waals surface area contributed by atoms with Crippen molar-refractivity contribution in [2.45, 2.75) is 6.92 Å². The molecule has 0 atom stereocenters. The summed E-state index contributed by atoms with van der Waals surface area (Å²) in [6.45, 7) is 1.74. The molecule has 1 aromatic heterocycles. The molecular formula is C22H14ClNO4. The maximum absolute atomic E-state index is 12.6. The number of aromatic nitrogens is 1. The summed E-state index contributed by atoms with van der Waals surface area (Å²) < 4.78 is 11.2. The number of nitrogens with zero attached hydrogens (tertiary/aromatic N) is 1. The van der Waals surface area contributed by atoms with Gasteiger partial charge >= 0.3 is 5.97 Å². The van der Waals surface area contributed by atoms with Gasteiger partial charge in [-0.2, -0.15) is 0 Å². The van der Waals surface area contributed by atoms with Crippen molar-refractivity contribution in [3.05, 3.63) is 94.0 Å². The van der Waals surface area contributed by atoms with Gasteiger partial charge in [-0.25, -0.2) is 4.79 Å². The van der Waals surface area contributed by atoms with Crippen LogP contribution in [0, 0.1) is 6.92 Å². The Morgan fingerprint density at radius 3 is 2.61 bits per heavy atom. The molecule has 28 heavy (non-hydrogen) atoms. The van der Waals surface area contributed by atoms with Gasteiger partial charge in [0.2, 0.25) is 5.78 Å². The fourth-order valence-electron chi connectivity index (χ4n) is 2.82. The van der Waals surface area contributed by atoms with Crippen LogP contribution in [-0.2, 0) is 0 Å². The highest BCUT2D eigenvalue weighted by Crippen LogP contribution is 2.39. The van der Waals surface area contributed by atoms with Crippen molar-refractivity contribution in [3.8, 4) is 11.5 Å². The summed E-state index contributed by atoms with van der Waals surface area (Å²) in [5.74, 6) is 0.129. The number of esters is 1. The zero-order chi connectivity index (χ0) is 19.7. The first-order valence-electron chi connectivity index (χ1n) is 8.49. The van der Waals surface area contributed by atoms with Gasteiger partial charge in [0, 0.05) is 22.9 Å². The number of fused-ring (bicyclic) bond motifs is 1. The highest BCUT2D eigenvalue weighted by Gasteiger charge is 2.30. The lowest BCUT2D eigenvalue weighted by molar-refractivity contribution is 0.0733. The smallest absolute Gasteiger partial charge is 0.343 e. The Labute approximate surface area is 166 Å². The van der Waals surface area contributed by atoms with E-state index in [0.717, 1.165) is 0 Å². The first-order valence-corrected chi connectivity index (χ1v) is 8.87. The Kier molecular flexibility index (Phi) is 4.67. The predicted octanol–water partition coefficient (Wildman–Crippen LogP) is 4.88. The SMILES string of the molecule is Cc1c(OC(=O)c2ccc(Cl)cc2)ccc2c1O/C(=C\c1ccccn1)C2=O. The molecule has 3 aromatic rings. The first-order chi connectivity index (χ1) is 13.5. The van der Waals surface area contributed by atoms with Crippen LogP contribution in [0.2, 0.25) is 5.02 Å². The molecule has 0 unspecified atom stereocenters. The third-order valence-electron chi connectivity index (χ3n) is 4.29. The Morgan fingerprint density at radius 1 is 1.11 bits per heavy atom. The van der Waals surface area contributed by atoms with Crippen molar-refractivity contribution in [2.75, 3.05) is 0 Å². The summed E-state index contributed by atoms with van der Waals surface area (Å²) in [5.41, 5.74) is 1.98. The number of ether oxygens (including phenoxy) is 2. The molecule has 6 heteroatoms. The Bertz CT molecular complexity index is 1110. The Morgan fingerprint density at radius 2 is 1.89 bits per heavy atom. The van der Waals surface area contributed by atoms with Gasteiger partial charge in [-0.3, -0.25) is 9.78 Å². The molecule has 4 rings (SSSR count). The van der Waals surface area contributed by atoms with Gasteiger partial charge in [0.15, 0.2) is 5.76 Å². The van der Waals surface area contributed by atoms with Crippen LogP contribution in [-0.4, -0.2) is 16.7 Å². The van der Waals surface area contributed by atoms with E-state index in [-0.39, 0.29) is 11.5 Å². The number of ketones is 1. The molecular weight excluding hydrogens is 378 g/mol. The second-order valence-corrected chi connectivity index (χ2v) is 6.59. The maximum atomic E-state index is 12.6. The van der Waals surface area contributed by atoms with Gasteiger partial charge in [0.25, 0.3) is 0 Å².